The molecule has 6 nitrogen and oxygen atoms in total. The van der Waals surface area contributed by atoms with Crippen LogP contribution < -0.4 is 0 Å². The molecule has 1 aliphatic rings. The summed E-state index contributed by atoms with van der Waals surface area (Å²) in [6, 6.07) is 9.16. The number of fused-ring (bicyclic) bond motifs is 3. The van der Waals surface area contributed by atoms with Crippen LogP contribution in [0.3, 0.4) is 0 Å². The molecule has 3 aromatic heterocycles. The average molecular weight is 423 g/mol. The van der Waals surface area contributed by atoms with Gasteiger partial charge in [0.25, 0.3) is 0 Å². The first-order chi connectivity index (χ1) is 14.5. The van der Waals surface area contributed by atoms with E-state index in [1.165, 1.54) is 19.3 Å². The summed E-state index contributed by atoms with van der Waals surface area (Å²) < 4.78 is 27.2. The molecule has 0 amide bonds. The van der Waals surface area contributed by atoms with Crippen LogP contribution in [0.1, 0.15) is 57.7 Å². The maximum Gasteiger partial charge on any atom is 0.180 e. The van der Waals surface area contributed by atoms with Crippen LogP contribution in [0, 0.1) is 0 Å². The second-order valence-corrected chi connectivity index (χ2v) is 11.0. The minimum Gasteiger partial charge on any atom is -0.345 e. The van der Waals surface area contributed by atoms with Gasteiger partial charge in [0.05, 0.1) is 33.1 Å². The van der Waals surface area contributed by atoms with Crippen LogP contribution in [-0.4, -0.2) is 33.0 Å². The summed E-state index contributed by atoms with van der Waals surface area (Å²) in [6.07, 6.45) is 9.84. The van der Waals surface area contributed by atoms with Crippen molar-refractivity contribution in [1.29, 1.82) is 0 Å². The zero-order valence-electron chi connectivity index (χ0n) is 17.3. The SMILES string of the molecule is CC(C)S(=O)(=O)c1ccc(-c2nc(C3CCCCC3)n3c2cnc2[nH]ccc23)cc1. The summed E-state index contributed by atoms with van der Waals surface area (Å²) >= 11 is 0. The highest BCUT2D eigenvalue weighted by Gasteiger charge is 2.25. The van der Waals surface area contributed by atoms with Crippen LogP contribution in [0.5, 0.6) is 0 Å². The van der Waals surface area contributed by atoms with E-state index in [2.05, 4.69) is 14.4 Å². The van der Waals surface area contributed by atoms with Gasteiger partial charge in [-0.3, -0.25) is 4.40 Å². The number of nitrogens with one attached hydrogen (secondary N) is 1. The van der Waals surface area contributed by atoms with Crippen LogP contribution in [-0.2, 0) is 9.84 Å². The molecule has 4 aromatic rings. The largest absolute Gasteiger partial charge is 0.345 e. The number of benzene rings is 1. The van der Waals surface area contributed by atoms with Crippen LogP contribution >= 0.6 is 0 Å². The second kappa shape index (κ2) is 7.23. The summed E-state index contributed by atoms with van der Waals surface area (Å²) in [7, 11) is -3.29. The first kappa shape index (κ1) is 19.3. The lowest BCUT2D eigenvalue weighted by molar-refractivity contribution is 0.429. The third-order valence-electron chi connectivity index (χ3n) is 6.25. The highest BCUT2D eigenvalue weighted by molar-refractivity contribution is 7.92. The molecule has 3 heterocycles. The van der Waals surface area contributed by atoms with Gasteiger partial charge in [0, 0.05) is 17.7 Å². The zero-order valence-corrected chi connectivity index (χ0v) is 18.1. The Bertz CT molecular complexity index is 1310. The van der Waals surface area contributed by atoms with Crippen molar-refractivity contribution in [2.75, 3.05) is 0 Å². The quantitative estimate of drug-likeness (QED) is 0.496. The Kier molecular flexibility index (Phi) is 4.65. The maximum atomic E-state index is 12.5. The van der Waals surface area contributed by atoms with E-state index in [0.717, 1.165) is 46.6 Å². The lowest BCUT2D eigenvalue weighted by Gasteiger charge is -2.20. The Morgan fingerprint density at radius 2 is 1.77 bits per heavy atom. The number of aromatic amines is 1. The molecule has 5 rings (SSSR count). The van der Waals surface area contributed by atoms with Gasteiger partial charge in [-0.1, -0.05) is 31.4 Å². The third-order valence-corrected chi connectivity index (χ3v) is 8.42. The van der Waals surface area contributed by atoms with E-state index >= 15 is 0 Å². The first-order valence-electron chi connectivity index (χ1n) is 10.7. The summed E-state index contributed by atoms with van der Waals surface area (Å²) in [6.45, 7) is 3.41. The fourth-order valence-corrected chi connectivity index (χ4v) is 5.57. The van der Waals surface area contributed by atoms with Gasteiger partial charge in [-0.25, -0.2) is 18.4 Å². The Balaban J connectivity index is 1.68. The predicted molar refractivity (Wildman–Crippen MR) is 118 cm³/mol. The number of nitrogens with zero attached hydrogens (tertiary/aromatic N) is 3. The van der Waals surface area contributed by atoms with Gasteiger partial charge in [-0.2, -0.15) is 0 Å². The van der Waals surface area contributed by atoms with E-state index in [9.17, 15) is 8.42 Å². The van der Waals surface area contributed by atoms with Gasteiger partial charge in [-0.15, -0.1) is 0 Å². The minimum atomic E-state index is -3.29. The summed E-state index contributed by atoms with van der Waals surface area (Å²) in [5.41, 5.74) is 4.61. The van der Waals surface area contributed by atoms with E-state index in [4.69, 9.17) is 4.98 Å². The average Bonchev–Trinajstić information content (AvgIpc) is 3.38. The number of rotatable bonds is 4. The molecule has 0 bridgehead atoms. The zero-order chi connectivity index (χ0) is 20.9. The van der Waals surface area contributed by atoms with Crippen LogP contribution in [0.15, 0.2) is 47.6 Å². The Hall–Kier alpha value is -2.67. The number of hydrogen-bond acceptors (Lipinski definition) is 4. The molecule has 0 aliphatic heterocycles. The smallest absolute Gasteiger partial charge is 0.180 e. The molecule has 0 radical (unpaired) electrons. The van der Waals surface area contributed by atoms with Crippen molar-refractivity contribution >= 4 is 26.5 Å². The Morgan fingerprint density at radius 3 is 2.47 bits per heavy atom. The molecule has 1 N–H and O–H groups in total. The van der Waals surface area contributed by atoms with Crippen molar-refractivity contribution in [2.45, 2.75) is 62.0 Å². The lowest BCUT2D eigenvalue weighted by Crippen LogP contribution is -2.13. The molecular formula is C23H26N4O2S. The maximum absolute atomic E-state index is 12.5. The van der Waals surface area contributed by atoms with E-state index in [0.29, 0.717) is 10.8 Å². The highest BCUT2D eigenvalue weighted by Crippen LogP contribution is 2.37. The normalized spacial score (nSPS) is 16.1. The molecule has 1 aromatic carbocycles. The van der Waals surface area contributed by atoms with E-state index < -0.39 is 15.1 Å². The van der Waals surface area contributed by atoms with Gasteiger partial charge in [-0.05, 0) is 44.9 Å². The van der Waals surface area contributed by atoms with Crippen molar-refractivity contribution < 1.29 is 8.42 Å². The minimum absolute atomic E-state index is 0.350. The van der Waals surface area contributed by atoms with Crippen molar-refractivity contribution in [3.05, 3.63) is 48.5 Å². The molecule has 1 fully saturated rings. The molecule has 0 atom stereocenters. The monoisotopic (exact) mass is 422 g/mol. The van der Waals surface area contributed by atoms with Gasteiger partial charge in [0.1, 0.15) is 5.82 Å². The summed E-state index contributed by atoms with van der Waals surface area (Å²) in [5.74, 6) is 1.52. The molecule has 0 unspecified atom stereocenters. The van der Waals surface area contributed by atoms with Crippen LogP contribution in [0.25, 0.3) is 27.9 Å². The van der Waals surface area contributed by atoms with Crippen molar-refractivity contribution in [1.82, 2.24) is 19.4 Å². The van der Waals surface area contributed by atoms with Gasteiger partial charge >= 0.3 is 0 Å². The van der Waals surface area contributed by atoms with Gasteiger partial charge < -0.3 is 4.98 Å². The highest BCUT2D eigenvalue weighted by atomic mass is 32.2. The summed E-state index contributed by atoms with van der Waals surface area (Å²) in [4.78, 5) is 13.2. The Labute approximate surface area is 176 Å². The molecule has 0 spiro atoms. The van der Waals surface area contributed by atoms with Crippen molar-refractivity contribution in [3.8, 4) is 11.3 Å². The molecular weight excluding hydrogens is 396 g/mol. The Morgan fingerprint density at radius 1 is 1.03 bits per heavy atom. The number of imidazole rings is 1. The van der Waals surface area contributed by atoms with Crippen LogP contribution in [0.2, 0.25) is 0 Å². The predicted octanol–water partition coefficient (Wildman–Crippen LogP) is 5.11. The topological polar surface area (TPSA) is 80.1 Å². The number of sulfone groups is 1. The van der Waals surface area contributed by atoms with Gasteiger partial charge in [0.2, 0.25) is 0 Å². The molecule has 156 valence electrons. The van der Waals surface area contributed by atoms with Crippen LogP contribution in [0.4, 0.5) is 0 Å². The summed E-state index contributed by atoms with van der Waals surface area (Å²) in [5, 5.41) is -0.444. The lowest BCUT2D eigenvalue weighted by atomic mass is 9.89. The van der Waals surface area contributed by atoms with Gasteiger partial charge in [0.15, 0.2) is 15.5 Å². The molecule has 7 heteroatoms. The molecule has 1 aliphatic carbocycles. The van der Waals surface area contributed by atoms with Crippen molar-refractivity contribution in [3.63, 3.8) is 0 Å². The fourth-order valence-electron chi connectivity index (χ4n) is 4.51. The van der Waals surface area contributed by atoms with E-state index in [1.54, 1.807) is 26.0 Å². The molecule has 0 saturated heterocycles. The van der Waals surface area contributed by atoms with E-state index in [-0.39, 0.29) is 0 Å². The number of hydrogen-bond donors (Lipinski definition) is 1. The van der Waals surface area contributed by atoms with E-state index in [1.807, 2.05) is 30.6 Å². The number of aromatic nitrogens is 4. The molecule has 1 saturated carbocycles. The molecule has 30 heavy (non-hydrogen) atoms. The standard InChI is InChI=1S/C23H26N4O2S/c1-15(2)30(28,29)18-10-8-16(9-11-18)21-20-14-25-22-19(12-13-24-22)27(20)23(26-21)17-6-4-3-5-7-17/h8-15,17,24H,3-7H2,1-2H3. The second-order valence-electron chi connectivity index (χ2n) is 8.46. The fraction of sp³-hybridized carbons (Fsp3) is 0.391. The number of H-pyrrole nitrogens is 1. The first-order valence-corrected chi connectivity index (χ1v) is 12.2. The van der Waals surface area contributed by atoms with Crippen molar-refractivity contribution in [2.24, 2.45) is 0 Å². The third kappa shape index (κ3) is 3.03.